The topological polar surface area (TPSA) is 74.6 Å². The third kappa shape index (κ3) is 86.5. The first-order valence-electron chi connectivity index (χ1n) is 4.17. The smallest absolute Gasteiger partial charge is 0.167 e. The van der Waals surface area contributed by atoms with Crippen molar-refractivity contribution in [1.29, 1.82) is 0 Å². The zero-order valence-electron chi connectivity index (χ0n) is 9.03. The Labute approximate surface area is 132 Å². The van der Waals surface area contributed by atoms with Gasteiger partial charge in [0.05, 0.1) is 11.4 Å². The van der Waals surface area contributed by atoms with Gasteiger partial charge >= 0.3 is 59.6 Å². The second-order valence-corrected chi connectivity index (χ2v) is 19.1. The number of halogens is 5. The molecule has 0 aromatic heterocycles. The average molecular weight is 376 g/mol. The Morgan fingerprint density at radius 3 is 1.00 bits per heavy atom. The van der Waals surface area contributed by atoms with E-state index in [0.29, 0.717) is 0 Å². The van der Waals surface area contributed by atoms with Crippen LogP contribution in [0.3, 0.4) is 0 Å². The molecule has 18 heavy (non-hydrogen) atoms. The normalized spacial score (nSPS) is 11.8. The first kappa shape index (κ1) is 24.3. The van der Waals surface area contributed by atoms with Crippen molar-refractivity contribution >= 4 is 86.6 Å². The van der Waals surface area contributed by atoms with Gasteiger partial charge in [0, 0.05) is 26.1 Å². The molecule has 0 amide bonds. The van der Waals surface area contributed by atoms with Gasteiger partial charge in [0.15, 0.2) is 15.7 Å². The second kappa shape index (κ2) is 12.0. The summed E-state index contributed by atoms with van der Waals surface area (Å²) in [5.74, 6) is 0. The summed E-state index contributed by atoms with van der Waals surface area (Å²) in [6.07, 6.45) is 0.139. The summed E-state index contributed by atoms with van der Waals surface area (Å²) in [5, 5.41) is 15.9. The first-order chi connectivity index (χ1) is 7.78. The van der Waals surface area contributed by atoms with Crippen LogP contribution in [0.15, 0.2) is 0 Å². The Kier molecular flexibility index (Phi) is 16.3. The zero-order valence-corrected chi connectivity index (χ0v) is 13.7. The average Bonchev–Trinajstić information content (AvgIpc) is 1.98. The van der Waals surface area contributed by atoms with Crippen LogP contribution in [-0.2, 0) is 9.59 Å². The molecule has 0 saturated carbocycles. The molecule has 0 aliphatic heterocycles. The van der Waals surface area contributed by atoms with Gasteiger partial charge in [-0.15, -0.1) is 0 Å². The van der Waals surface area contributed by atoms with Crippen molar-refractivity contribution in [3.63, 3.8) is 0 Å². The monoisotopic (exact) mass is 374 g/mol. The fraction of sp³-hybridized carbons (Fsp3) is 0.667. The minimum absolute atomic E-state index is 0.0694. The van der Waals surface area contributed by atoms with Crippen LogP contribution >= 0.6 is 59.6 Å². The summed E-state index contributed by atoms with van der Waals surface area (Å²) in [6, 6.07) is 0. The largest absolute Gasteiger partial charge is 0.396 e. The van der Waals surface area contributed by atoms with Crippen molar-refractivity contribution in [3.05, 3.63) is 0 Å². The number of carbonyl (C=O) groups is 2. The van der Waals surface area contributed by atoms with E-state index in [2.05, 4.69) is 15.7 Å². The molecule has 4 nitrogen and oxygen atoms in total. The van der Waals surface area contributed by atoms with Crippen molar-refractivity contribution in [2.75, 3.05) is 13.2 Å². The van der Waals surface area contributed by atoms with Crippen molar-refractivity contribution < 1.29 is 19.8 Å². The van der Waals surface area contributed by atoms with Crippen molar-refractivity contribution in [1.82, 2.24) is 0 Å². The maximum Gasteiger partial charge on any atom is 0.167 e. The van der Waals surface area contributed by atoms with Gasteiger partial charge in [-0.05, 0) is 0 Å². The number of aliphatic hydroxyl groups is 2. The van der Waals surface area contributed by atoms with E-state index in [0.717, 1.165) is 0 Å². The van der Waals surface area contributed by atoms with Crippen LogP contribution in [0.2, 0.25) is 0 Å². The number of aliphatic hydroxyl groups excluding tert-OH is 2. The van der Waals surface area contributed by atoms with Gasteiger partial charge in [0.2, 0.25) is 0 Å². The van der Waals surface area contributed by atoms with Gasteiger partial charge in [0.1, 0.15) is 0 Å². The van der Waals surface area contributed by atoms with Crippen molar-refractivity contribution in [2.45, 2.75) is 12.8 Å². The molecule has 0 fully saturated rings. The van der Waals surface area contributed by atoms with E-state index >= 15 is 0 Å². The second-order valence-electron chi connectivity index (χ2n) is 2.52. The standard InChI is InChI=1S/2C3H5BO2.Cl5P/c2*4-3(6)1-2-5;1-6(2,3,4)5/h2*5H,1-2H2;. The minimum Gasteiger partial charge on any atom is -0.396 e. The number of rotatable bonds is 4. The molecule has 0 aromatic carbocycles. The fourth-order valence-corrected chi connectivity index (χ4v) is 0.220. The molecule has 12 heteroatoms. The van der Waals surface area contributed by atoms with E-state index < -0.39 is 14.7 Å². The van der Waals surface area contributed by atoms with Crippen LogP contribution in [0, 0.1) is 0 Å². The predicted octanol–water partition coefficient (Wildman–Crippen LogP) is 2.44. The van der Waals surface area contributed by atoms with E-state index in [1.165, 1.54) is 0 Å². The molecule has 0 aromatic rings. The summed E-state index contributed by atoms with van der Waals surface area (Å²) < 4.78 is -3.69. The van der Waals surface area contributed by atoms with E-state index in [1.54, 1.807) is 0 Å². The Balaban J connectivity index is -0.000000187. The van der Waals surface area contributed by atoms with E-state index in [9.17, 15) is 9.59 Å². The quantitative estimate of drug-likeness (QED) is 0.584. The van der Waals surface area contributed by atoms with Crippen LogP contribution in [-0.4, -0.2) is 50.5 Å². The molecule has 0 bridgehead atoms. The molecule has 4 radical (unpaired) electrons. The van der Waals surface area contributed by atoms with Crippen LogP contribution in [0.5, 0.6) is 0 Å². The Morgan fingerprint density at radius 1 is 0.833 bits per heavy atom. The maximum absolute atomic E-state index is 9.66. The molecule has 0 spiro atoms. The molecule has 0 aliphatic carbocycles. The molecule has 2 N–H and O–H groups in total. The third-order valence-electron chi connectivity index (χ3n) is 0.716. The first-order valence-corrected chi connectivity index (χ1v) is 10.9. The Hall–Kier alpha value is 1.27. The van der Waals surface area contributed by atoms with Gasteiger partial charge in [-0.1, -0.05) is 0 Å². The van der Waals surface area contributed by atoms with Gasteiger partial charge in [-0.2, -0.15) is 0 Å². The molecule has 0 saturated heterocycles. The van der Waals surface area contributed by atoms with E-state index in [1.807, 2.05) is 0 Å². The molecular weight excluding hydrogens is 366 g/mol. The maximum atomic E-state index is 9.66. The van der Waals surface area contributed by atoms with E-state index in [-0.39, 0.29) is 26.1 Å². The molecule has 0 unspecified atom stereocenters. The van der Waals surface area contributed by atoms with Gasteiger partial charge < -0.3 is 19.8 Å². The molecule has 0 atom stereocenters. The van der Waals surface area contributed by atoms with Crippen LogP contribution in [0.25, 0.3) is 0 Å². The summed E-state index contributed by atoms with van der Waals surface area (Å²) in [4.78, 5) is 19.3. The molecule has 0 heterocycles. The predicted molar refractivity (Wildman–Crippen MR) is 81.1 cm³/mol. The van der Waals surface area contributed by atoms with Crippen molar-refractivity contribution in [3.8, 4) is 0 Å². The Morgan fingerprint density at radius 2 is 1.00 bits per heavy atom. The Bertz CT molecular complexity index is 225. The summed E-state index contributed by atoms with van der Waals surface area (Å²) in [5.41, 5.74) is -0.921. The SMILES string of the molecule is ClP(Cl)(Cl)(Cl)Cl.[B]C(=O)CCO.[B]C(=O)CCO. The molecule has 0 rings (SSSR count). The van der Waals surface area contributed by atoms with Crippen molar-refractivity contribution in [2.24, 2.45) is 0 Å². The molecule has 104 valence electrons. The van der Waals surface area contributed by atoms with Gasteiger partial charge in [-0.3, -0.25) is 0 Å². The summed E-state index contributed by atoms with van der Waals surface area (Å²) in [6.45, 7) is -0.287. The van der Waals surface area contributed by atoms with Crippen LogP contribution in [0.1, 0.15) is 12.8 Å². The summed E-state index contributed by atoms with van der Waals surface area (Å²) >= 11 is 24.9. The van der Waals surface area contributed by atoms with Gasteiger partial charge in [0.25, 0.3) is 0 Å². The number of hydrogen-bond donors (Lipinski definition) is 2. The number of hydrogen-bond acceptors (Lipinski definition) is 4. The summed E-state index contributed by atoms with van der Waals surface area (Å²) in [7, 11) is 9.21. The van der Waals surface area contributed by atoms with E-state index in [4.69, 9.17) is 66.4 Å². The molecular formula is C6H10B2Cl5O4P. The van der Waals surface area contributed by atoms with Crippen LogP contribution in [0.4, 0.5) is 0 Å². The van der Waals surface area contributed by atoms with Crippen LogP contribution < -0.4 is 0 Å². The zero-order chi connectivity index (χ0) is 15.4. The minimum atomic E-state index is -3.69. The number of carbonyl (C=O) groups excluding carboxylic acids is 2. The molecule has 0 aliphatic rings. The third-order valence-corrected chi connectivity index (χ3v) is 0.716. The fourth-order valence-electron chi connectivity index (χ4n) is 0.220. The van der Waals surface area contributed by atoms with Gasteiger partial charge in [-0.25, -0.2) is 0 Å².